The second kappa shape index (κ2) is 8.12. The molecule has 0 aliphatic heterocycles. The highest BCUT2D eigenvalue weighted by atomic mass is 19.2. The second-order valence-corrected chi connectivity index (χ2v) is 6.53. The Hall–Kier alpha value is -3.36. The maximum absolute atomic E-state index is 14.1. The summed E-state index contributed by atoms with van der Waals surface area (Å²) in [6, 6.07) is 7.28. The lowest BCUT2D eigenvalue weighted by Gasteiger charge is -2.11. The van der Waals surface area contributed by atoms with Gasteiger partial charge in [0.15, 0.2) is 17.5 Å². The Bertz CT molecular complexity index is 1050. The van der Waals surface area contributed by atoms with Gasteiger partial charge in [-0.2, -0.15) is 5.10 Å². The number of hydrogen-bond donors (Lipinski definition) is 3. The number of carbonyl (C=O) groups is 1. The number of halogens is 3. The standard InChI is InChI=1S/C19H18F3N5O/c1-10(2)9-23-19(25-18(28)11-6-7-12(20)14(22)8-11)24-17-16-13(21)4-3-5-15(16)26-27-17/h3-8,10H,9H2,1-2H3,(H3,23,24,25,26,27,28). The first kappa shape index (κ1) is 19.4. The number of aliphatic imine (C=N–C) groups is 1. The Balaban J connectivity index is 1.87. The Morgan fingerprint density at radius 3 is 2.64 bits per heavy atom. The van der Waals surface area contributed by atoms with Gasteiger partial charge in [-0.05, 0) is 36.2 Å². The molecule has 3 aromatic rings. The summed E-state index contributed by atoms with van der Waals surface area (Å²) < 4.78 is 40.6. The van der Waals surface area contributed by atoms with Crippen molar-refractivity contribution in [3.63, 3.8) is 0 Å². The molecule has 0 aliphatic rings. The molecule has 1 aromatic heterocycles. The van der Waals surface area contributed by atoms with E-state index in [1.165, 1.54) is 12.1 Å². The molecular weight excluding hydrogens is 371 g/mol. The van der Waals surface area contributed by atoms with Gasteiger partial charge in [0.05, 0.1) is 10.9 Å². The number of carbonyl (C=O) groups excluding carboxylic acids is 1. The van der Waals surface area contributed by atoms with Crippen LogP contribution < -0.4 is 10.6 Å². The molecule has 28 heavy (non-hydrogen) atoms. The predicted octanol–water partition coefficient (Wildman–Crippen LogP) is 3.83. The number of fused-ring (bicyclic) bond motifs is 1. The number of anilines is 1. The van der Waals surface area contributed by atoms with Gasteiger partial charge in [-0.25, -0.2) is 13.2 Å². The normalized spacial score (nSPS) is 11.9. The SMILES string of the molecule is CC(C)CN=C(NC(=O)c1ccc(F)c(F)c1)Nc1n[nH]c2cccc(F)c12. The van der Waals surface area contributed by atoms with Gasteiger partial charge >= 0.3 is 0 Å². The molecule has 0 bridgehead atoms. The first-order chi connectivity index (χ1) is 13.3. The number of benzene rings is 2. The Labute approximate surface area is 158 Å². The minimum absolute atomic E-state index is 0.0140. The molecule has 0 spiro atoms. The number of rotatable bonds is 4. The van der Waals surface area contributed by atoms with Crippen molar-refractivity contribution in [2.75, 3.05) is 11.9 Å². The molecule has 1 amide bonds. The highest BCUT2D eigenvalue weighted by Crippen LogP contribution is 2.23. The van der Waals surface area contributed by atoms with Gasteiger partial charge in [0.25, 0.3) is 5.91 Å². The van der Waals surface area contributed by atoms with Crippen LogP contribution in [0.15, 0.2) is 41.4 Å². The van der Waals surface area contributed by atoms with Crippen LogP contribution in [0.5, 0.6) is 0 Å². The van der Waals surface area contributed by atoms with Crippen LogP contribution in [0.3, 0.4) is 0 Å². The molecule has 146 valence electrons. The van der Waals surface area contributed by atoms with Gasteiger partial charge in [0.2, 0.25) is 5.96 Å². The maximum atomic E-state index is 14.1. The van der Waals surface area contributed by atoms with Crippen molar-refractivity contribution in [2.45, 2.75) is 13.8 Å². The largest absolute Gasteiger partial charge is 0.309 e. The monoisotopic (exact) mass is 389 g/mol. The number of amides is 1. The molecule has 2 aromatic carbocycles. The molecule has 0 radical (unpaired) electrons. The van der Waals surface area contributed by atoms with Crippen LogP contribution in [-0.2, 0) is 0 Å². The summed E-state index contributed by atoms with van der Waals surface area (Å²) in [5, 5.41) is 12.2. The van der Waals surface area contributed by atoms with Crippen LogP contribution in [-0.4, -0.2) is 28.6 Å². The van der Waals surface area contributed by atoms with Crippen molar-refractivity contribution in [1.82, 2.24) is 15.5 Å². The third-order valence-corrected chi connectivity index (χ3v) is 3.80. The van der Waals surface area contributed by atoms with E-state index in [0.717, 1.165) is 18.2 Å². The fourth-order valence-electron chi connectivity index (χ4n) is 2.43. The maximum Gasteiger partial charge on any atom is 0.258 e. The fourth-order valence-corrected chi connectivity index (χ4v) is 2.43. The molecule has 9 heteroatoms. The molecule has 0 atom stereocenters. The summed E-state index contributed by atoms with van der Waals surface area (Å²) in [6.45, 7) is 4.23. The van der Waals surface area contributed by atoms with Crippen molar-refractivity contribution in [3.8, 4) is 0 Å². The minimum Gasteiger partial charge on any atom is -0.309 e. The predicted molar refractivity (Wildman–Crippen MR) is 101 cm³/mol. The Morgan fingerprint density at radius 2 is 1.93 bits per heavy atom. The number of hydrogen-bond acceptors (Lipinski definition) is 3. The van der Waals surface area contributed by atoms with E-state index in [1.807, 2.05) is 13.8 Å². The zero-order chi connectivity index (χ0) is 20.3. The number of nitrogens with one attached hydrogen (secondary N) is 3. The van der Waals surface area contributed by atoms with Gasteiger partial charge in [0, 0.05) is 12.1 Å². The third-order valence-electron chi connectivity index (χ3n) is 3.80. The topological polar surface area (TPSA) is 82.2 Å². The summed E-state index contributed by atoms with van der Waals surface area (Å²) in [7, 11) is 0. The first-order valence-corrected chi connectivity index (χ1v) is 8.55. The molecule has 6 nitrogen and oxygen atoms in total. The summed E-state index contributed by atoms with van der Waals surface area (Å²) in [5.41, 5.74) is 0.383. The van der Waals surface area contributed by atoms with Crippen molar-refractivity contribution in [1.29, 1.82) is 0 Å². The summed E-state index contributed by atoms with van der Waals surface area (Å²) in [6.07, 6.45) is 0. The third kappa shape index (κ3) is 4.30. The van der Waals surface area contributed by atoms with Crippen LogP contribution >= 0.6 is 0 Å². The van der Waals surface area contributed by atoms with E-state index in [-0.39, 0.29) is 28.6 Å². The van der Waals surface area contributed by atoms with E-state index >= 15 is 0 Å². The molecule has 0 saturated heterocycles. The molecule has 0 aliphatic carbocycles. The van der Waals surface area contributed by atoms with Crippen LogP contribution in [0, 0.1) is 23.4 Å². The summed E-state index contributed by atoms with van der Waals surface area (Å²) in [5.74, 6) is -3.05. The van der Waals surface area contributed by atoms with Crippen LogP contribution in [0.1, 0.15) is 24.2 Å². The lowest BCUT2D eigenvalue weighted by molar-refractivity contribution is 0.0976. The van der Waals surface area contributed by atoms with Crippen LogP contribution in [0.25, 0.3) is 10.9 Å². The number of aromatic amines is 1. The molecule has 1 heterocycles. The summed E-state index contributed by atoms with van der Waals surface area (Å²) >= 11 is 0. The number of aromatic nitrogens is 2. The molecule has 0 fully saturated rings. The number of H-pyrrole nitrogens is 1. The van der Waals surface area contributed by atoms with Crippen molar-refractivity contribution in [3.05, 3.63) is 59.4 Å². The summed E-state index contributed by atoms with van der Waals surface area (Å²) in [4.78, 5) is 16.7. The second-order valence-electron chi connectivity index (χ2n) is 6.53. The lowest BCUT2D eigenvalue weighted by atomic mass is 10.2. The zero-order valence-corrected chi connectivity index (χ0v) is 15.2. The highest BCUT2D eigenvalue weighted by Gasteiger charge is 2.16. The number of guanidine groups is 1. The Morgan fingerprint density at radius 1 is 1.14 bits per heavy atom. The van der Waals surface area contributed by atoms with Gasteiger partial charge in [0.1, 0.15) is 5.82 Å². The fraction of sp³-hybridized carbons (Fsp3) is 0.211. The average molecular weight is 389 g/mol. The van der Waals surface area contributed by atoms with E-state index in [4.69, 9.17) is 0 Å². The molecule has 3 N–H and O–H groups in total. The highest BCUT2D eigenvalue weighted by molar-refractivity contribution is 6.11. The smallest absolute Gasteiger partial charge is 0.258 e. The first-order valence-electron chi connectivity index (χ1n) is 8.55. The van der Waals surface area contributed by atoms with Crippen molar-refractivity contribution >= 4 is 28.6 Å². The van der Waals surface area contributed by atoms with E-state index in [2.05, 4.69) is 25.8 Å². The zero-order valence-electron chi connectivity index (χ0n) is 15.2. The van der Waals surface area contributed by atoms with Gasteiger partial charge in [-0.3, -0.25) is 20.2 Å². The number of nitrogens with zero attached hydrogens (tertiary/aromatic N) is 2. The lowest BCUT2D eigenvalue weighted by Crippen LogP contribution is -2.36. The van der Waals surface area contributed by atoms with E-state index in [1.54, 1.807) is 6.07 Å². The van der Waals surface area contributed by atoms with Crippen LogP contribution in [0.4, 0.5) is 19.0 Å². The van der Waals surface area contributed by atoms with Gasteiger partial charge in [-0.15, -0.1) is 0 Å². The van der Waals surface area contributed by atoms with Crippen molar-refractivity contribution < 1.29 is 18.0 Å². The van der Waals surface area contributed by atoms with Gasteiger partial charge < -0.3 is 5.32 Å². The minimum atomic E-state index is -1.14. The molecule has 0 unspecified atom stereocenters. The molecule has 3 rings (SSSR count). The quantitative estimate of drug-likeness (QED) is 0.468. The molecular formula is C19H18F3N5O. The van der Waals surface area contributed by atoms with E-state index in [9.17, 15) is 18.0 Å². The van der Waals surface area contributed by atoms with Crippen molar-refractivity contribution in [2.24, 2.45) is 10.9 Å². The van der Waals surface area contributed by atoms with E-state index in [0.29, 0.717) is 12.1 Å². The molecule has 0 saturated carbocycles. The van der Waals surface area contributed by atoms with Crippen LogP contribution in [0.2, 0.25) is 0 Å². The average Bonchev–Trinajstić information content (AvgIpc) is 3.06. The Kier molecular flexibility index (Phi) is 5.62. The van der Waals surface area contributed by atoms with Gasteiger partial charge in [-0.1, -0.05) is 19.9 Å². The van der Waals surface area contributed by atoms with E-state index < -0.39 is 23.4 Å².